The molecule has 2 heterocycles. The number of unbranched alkanes of at least 4 members (excludes halogenated alkanes) is 3. The van der Waals surface area contributed by atoms with Gasteiger partial charge in [-0.2, -0.15) is 5.10 Å². The number of amides is 1. The molecule has 1 fully saturated rings. The van der Waals surface area contributed by atoms with Crippen LogP contribution in [0.1, 0.15) is 38.2 Å². The maximum atomic E-state index is 13.0. The van der Waals surface area contributed by atoms with Gasteiger partial charge in [-0.05, 0) is 24.6 Å². The third kappa shape index (κ3) is 4.97. The van der Waals surface area contributed by atoms with Crippen LogP contribution in [0.15, 0.2) is 71.8 Å². The van der Waals surface area contributed by atoms with Gasteiger partial charge in [-0.3, -0.25) is 9.69 Å². The van der Waals surface area contributed by atoms with Gasteiger partial charge in [0.2, 0.25) is 0 Å². The molecule has 1 aliphatic rings. The monoisotopic (exact) mass is 447 g/mol. The predicted molar refractivity (Wildman–Crippen MR) is 133 cm³/mol. The summed E-state index contributed by atoms with van der Waals surface area (Å²) in [5, 5.41) is 4.83. The van der Waals surface area contributed by atoms with E-state index >= 15 is 0 Å². The van der Waals surface area contributed by atoms with Crippen molar-refractivity contribution in [3.63, 3.8) is 0 Å². The first-order valence-electron chi connectivity index (χ1n) is 10.6. The van der Waals surface area contributed by atoms with Crippen LogP contribution in [-0.2, 0) is 4.79 Å². The third-order valence-electron chi connectivity index (χ3n) is 5.21. The molecule has 4 rings (SSSR count). The van der Waals surface area contributed by atoms with Crippen LogP contribution < -0.4 is 0 Å². The van der Waals surface area contributed by atoms with Crippen LogP contribution in [0.5, 0.6) is 0 Å². The number of nitrogens with zero attached hydrogens (tertiary/aromatic N) is 3. The normalized spacial score (nSPS) is 15.3. The summed E-state index contributed by atoms with van der Waals surface area (Å²) in [7, 11) is 0. The molecule has 0 bridgehead atoms. The molecule has 2 aromatic carbocycles. The molecule has 0 saturated carbocycles. The number of rotatable bonds is 8. The predicted octanol–water partition coefficient (Wildman–Crippen LogP) is 6.32. The summed E-state index contributed by atoms with van der Waals surface area (Å²) in [5.41, 5.74) is 3.74. The average molecular weight is 448 g/mol. The number of para-hydroxylation sites is 1. The number of thiocarbonyl (C=S) groups is 1. The van der Waals surface area contributed by atoms with Crippen molar-refractivity contribution in [3.8, 4) is 16.9 Å². The largest absolute Gasteiger partial charge is 0.293 e. The molecule has 31 heavy (non-hydrogen) atoms. The summed E-state index contributed by atoms with van der Waals surface area (Å²) in [6.07, 6.45) is 8.37. The van der Waals surface area contributed by atoms with Crippen LogP contribution in [0.25, 0.3) is 23.0 Å². The van der Waals surface area contributed by atoms with Gasteiger partial charge in [-0.25, -0.2) is 4.68 Å². The Hall–Kier alpha value is -2.70. The lowest BCUT2D eigenvalue weighted by molar-refractivity contribution is -0.122. The van der Waals surface area contributed by atoms with Gasteiger partial charge in [-0.15, -0.1) is 0 Å². The minimum absolute atomic E-state index is 0.00188. The van der Waals surface area contributed by atoms with Crippen molar-refractivity contribution < 1.29 is 4.79 Å². The maximum absolute atomic E-state index is 13.0. The van der Waals surface area contributed by atoms with E-state index in [0.717, 1.165) is 35.3 Å². The highest BCUT2D eigenvalue weighted by molar-refractivity contribution is 8.26. The average Bonchev–Trinajstić information content (AvgIpc) is 3.34. The Balaban J connectivity index is 1.65. The van der Waals surface area contributed by atoms with E-state index in [2.05, 4.69) is 6.92 Å². The van der Waals surface area contributed by atoms with Crippen LogP contribution in [0.3, 0.4) is 0 Å². The standard InChI is InChI=1S/C25H25N3OS2/c1-2-3-4-11-16-27-24(29)22(31-25(27)30)17-20-18-28(21-14-9-6-10-15-21)26-23(20)19-12-7-5-8-13-19/h5-10,12-15,17-18H,2-4,11,16H2,1H3/b22-17+. The lowest BCUT2D eigenvalue weighted by Gasteiger charge is -2.13. The number of carbonyl (C=O) groups excluding carboxylic acids is 1. The molecule has 1 saturated heterocycles. The van der Waals surface area contributed by atoms with E-state index in [4.69, 9.17) is 17.3 Å². The van der Waals surface area contributed by atoms with Crippen molar-refractivity contribution >= 4 is 40.3 Å². The van der Waals surface area contributed by atoms with Crippen LogP contribution in [0, 0.1) is 0 Å². The lowest BCUT2D eigenvalue weighted by atomic mass is 10.1. The molecular formula is C25H25N3OS2. The number of hydrogen-bond donors (Lipinski definition) is 0. The first-order chi connectivity index (χ1) is 15.2. The van der Waals surface area contributed by atoms with E-state index in [0.29, 0.717) is 15.8 Å². The lowest BCUT2D eigenvalue weighted by Crippen LogP contribution is -2.29. The van der Waals surface area contributed by atoms with Gasteiger partial charge < -0.3 is 0 Å². The second-order valence-electron chi connectivity index (χ2n) is 7.47. The van der Waals surface area contributed by atoms with E-state index in [1.165, 1.54) is 24.6 Å². The highest BCUT2D eigenvalue weighted by Crippen LogP contribution is 2.35. The fourth-order valence-electron chi connectivity index (χ4n) is 3.56. The number of thioether (sulfide) groups is 1. The van der Waals surface area contributed by atoms with Crippen LogP contribution in [0.2, 0.25) is 0 Å². The molecule has 3 aromatic rings. The Morgan fingerprint density at radius 2 is 1.71 bits per heavy atom. The summed E-state index contributed by atoms with van der Waals surface area (Å²) in [6, 6.07) is 20.0. The number of benzene rings is 2. The number of aromatic nitrogens is 2. The smallest absolute Gasteiger partial charge is 0.266 e. The minimum Gasteiger partial charge on any atom is -0.293 e. The zero-order valence-electron chi connectivity index (χ0n) is 17.5. The summed E-state index contributed by atoms with van der Waals surface area (Å²) in [4.78, 5) is 15.4. The molecule has 1 amide bonds. The van der Waals surface area contributed by atoms with Gasteiger partial charge in [0.15, 0.2) is 0 Å². The van der Waals surface area contributed by atoms with Gasteiger partial charge in [-0.1, -0.05) is 98.7 Å². The Bertz CT molecular complexity index is 1090. The molecule has 0 atom stereocenters. The van der Waals surface area contributed by atoms with E-state index in [1.807, 2.05) is 77.6 Å². The molecule has 6 heteroatoms. The van der Waals surface area contributed by atoms with Crippen LogP contribution >= 0.6 is 24.0 Å². The van der Waals surface area contributed by atoms with Gasteiger partial charge in [0.1, 0.15) is 4.32 Å². The molecule has 1 aliphatic heterocycles. The van der Waals surface area contributed by atoms with Crippen LogP contribution in [0.4, 0.5) is 0 Å². The van der Waals surface area contributed by atoms with Gasteiger partial charge in [0.05, 0.1) is 16.3 Å². The summed E-state index contributed by atoms with van der Waals surface area (Å²) < 4.78 is 2.50. The fraction of sp³-hybridized carbons (Fsp3) is 0.240. The van der Waals surface area contributed by atoms with Crippen molar-refractivity contribution in [2.24, 2.45) is 0 Å². The van der Waals surface area contributed by atoms with E-state index in [-0.39, 0.29) is 5.91 Å². The van der Waals surface area contributed by atoms with E-state index < -0.39 is 0 Å². The first-order valence-corrected chi connectivity index (χ1v) is 11.9. The van der Waals surface area contributed by atoms with Crippen LogP contribution in [-0.4, -0.2) is 31.5 Å². The van der Waals surface area contributed by atoms with Crippen molar-refractivity contribution in [2.75, 3.05) is 6.54 Å². The molecule has 0 aliphatic carbocycles. The maximum Gasteiger partial charge on any atom is 0.266 e. The second-order valence-corrected chi connectivity index (χ2v) is 9.15. The Labute approximate surface area is 193 Å². The summed E-state index contributed by atoms with van der Waals surface area (Å²) in [6.45, 7) is 2.87. The topological polar surface area (TPSA) is 38.1 Å². The van der Waals surface area contributed by atoms with Crippen molar-refractivity contribution in [1.29, 1.82) is 0 Å². The first kappa shape index (κ1) is 21.5. The number of hydrogen-bond acceptors (Lipinski definition) is 4. The molecule has 0 radical (unpaired) electrons. The van der Waals surface area contributed by atoms with E-state index in [9.17, 15) is 4.79 Å². The second kappa shape index (κ2) is 10.1. The zero-order chi connectivity index (χ0) is 21.6. The number of carbonyl (C=O) groups is 1. The van der Waals surface area contributed by atoms with Gasteiger partial charge >= 0.3 is 0 Å². The summed E-state index contributed by atoms with van der Waals surface area (Å²) >= 11 is 6.88. The molecular weight excluding hydrogens is 422 g/mol. The van der Waals surface area contributed by atoms with E-state index in [1.54, 1.807) is 4.90 Å². The zero-order valence-corrected chi connectivity index (χ0v) is 19.2. The van der Waals surface area contributed by atoms with Gasteiger partial charge in [0, 0.05) is 23.9 Å². The van der Waals surface area contributed by atoms with Gasteiger partial charge in [0.25, 0.3) is 5.91 Å². The van der Waals surface area contributed by atoms with Crippen molar-refractivity contribution in [3.05, 3.63) is 77.3 Å². The fourth-order valence-corrected chi connectivity index (χ4v) is 4.86. The molecule has 1 aromatic heterocycles. The van der Waals surface area contributed by atoms with Crippen molar-refractivity contribution in [2.45, 2.75) is 32.6 Å². The molecule has 4 nitrogen and oxygen atoms in total. The van der Waals surface area contributed by atoms with Crippen molar-refractivity contribution in [1.82, 2.24) is 14.7 Å². The molecule has 0 N–H and O–H groups in total. The minimum atomic E-state index is -0.00188. The highest BCUT2D eigenvalue weighted by Gasteiger charge is 2.32. The molecule has 0 spiro atoms. The Morgan fingerprint density at radius 3 is 2.42 bits per heavy atom. The quantitative estimate of drug-likeness (QED) is 0.230. The Kier molecular flexibility index (Phi) is 6.99. The molecule has 158 valence electrons. The summed E-state index contributed by atoms with van der Waals surface area (Å²) in [5.74, 6) is -0.00188. The highest BCUT2D eigenvalue weighted by atomic mass is 32.2. The molecule has 0 unspecified atom stereocenters. The third-order valence-corrected chi connectivity index (χ3v) is 6.58. The Morgan fingerprint density at radius 1 is 1.00 bits per heavy atom. The SMILES string of the molecule is CCCCCCN1C(=O)/C(=C\c2cn(-c3ccccc3)nc2-c2ccccc2)SC1=S.